The van der Waals surface area contributed by atoms with E-state index in [1.165, 1.54) is 0 Å². The molecule has 0 bridgehead atoms. The van der Waals surface area contributed by atoms with Crippen LogP contribution in [-0.2, 0) is 14.4 Å². The van der Waals surface area contributed by atoms with Gasteiger partial charge in [0.25, 0.3) is 0 Å². The number of aliphatic carboxylic acids is 1. The van der Waals surface area contributed by atoms with E-state index in [0.717, 1.165) is 12.8 Å². The van der Waals surface area contributed by atoms with E-state index in [4.69, 9.17) is 0 Å². The van der Waals surface area contributed by atoms with Crippen LogP contribution >= 0.6 is 0 Å². The van der Waals surface area contributed by atoms with Gasteiger partial charge in [0, 0.05) is 13.1 Å². The number of nitrogens with one attached hydrogen (secondary N) is 1. The Kier molecular flexibility index (Phi) is 2.81. The lowest BCUT2D eigenvalue weighted by molar-refractivity contribution is -0.144. The van der Waals surface area contributed by atoms with Gasteiger partial charge in [0.15, 0.2) is 0 Å². The molecule has 3 rings (SSSR count). The fourth-order valence-corrected chi connectivity index (χ4v) is 3.96. The van der Waals surface area contributed by atoms with E-state index >= 15 is 0 Å². The molecule has 2 amide bonds. The summed E-state index contributed by atoms with van der Waals surface area (Å²) < 4.78 is 0. The Morgan fingerprint density at radius 2 is 2.05 bits per heavy atom. The Hall–Kier alpha value is -1.59. The summed E-state index contributed by atoms with van der Waals surface area (Å²) in [5, 5.41) is 12.0. The summed E-state index contributed by atoms with van der Waals surface area (Å²) in [7, 11) is 0. The van der Waals surface area contributed by atoms with E-state index < -0.39 is 23.2 Å². The summed E-state index contributed by atoms with van der Waals surface area (Å²) in [5.41, 5.74) is -0.480. The Morgan fingerprint density at radius 3 is 2.65 bits per heavy atom. The third-order valence-corrected chi connectivity index (χ3v) is 5.24. The van der Waals surface area contributed by atoms with Crippen molar-refractivity contribution < 1.29 is 19.5 Å². The molecule has 2 N–H and O–H groups in total. The van der Waals surface area contributed by atoms with Gasteiger partial charge in [0.1, 0.15) is 0 Å². The quantitative estimate of drug-likeness (QED) is 0.750. The van der Waals surface area contributed by atoms with Gasteiger partial charge in [-0.05, 0) is 18.3 Å². The molecule has 20 heavy (non-hydrogen) atoms. The first-order chi connectivity index (χ1) is 9.35. The van der Waals surface area contributed by atoms with E-state index in [9.17, 15) is 19.5 Å². The maximum Gasteiger partial charge on any atom is 0.307 e. The van der Waals surface area contributed by atoms with Crippen molar-refractivity contribution in [2.75, 3.05) is 13.1 Å². The summed E-state index contributed by atoms with van der Waals surface area (Å²) >= 11 is 0. The number of carbonyl (C=O) groups excluding carboxylic acids is 2. The number of carbonyl (C=O) groups is 3. The molecular weight excluding hydrogens is 260 g/mol. The lowest BCUT2D eigenvalue weighted by Gasteiger charge is -2.36. The molecule has 6 heteroatoms. The van der Waals surface area contributed by atoms with Crippen LogP contribution in [0.15, 0.2) is 0 Å². The Morgan fingerprint density at radius 1 is 1.35 bits per heavy atom. The van der Waals surface area contributed by atoms with Crippen molar-refractivity contribution in [2.24, 2.45) is 23.2 Å². The van der Waals surface area contributed by atoms with Gasteiger partial charge in [-0.2, -0.15) is 0 Å². The number of rotatable bonds is 2. The second kappa shape index (κ2) is 4.20. The number of carboxylic acid groups (broad SMARTS) is 1. The zero-order chi connectivity index (χ0) is 14.7. The molecule has 1 aliphatic carbocycles. The van der Waals surface area contributed by atoms with Crippen molar-refractivity contribution in [1.29, 1.82) is 0 Å². The van der Waals surface area contributed by atoms with Gasteiger partial charge < -0.3 is 15.3 Å². The molecule has 0 radical (unpaired) electrons. The minimum atomic E-state index is -0.900. The number of nitrogens with zero attached hydrogens (tertiary/aromatic N) is 1. The van der Waals surface area contributed by atoms with Crippen molar-refractivity contribution in [2.45, 2.75) is 32.7 Å². The van der Waals surface area contributed by atoms with E-state index in [-0.39, 0.29) is 23.8 Å². The summed E-state index contributed by atoms with van der Waals surface area (Å²) in [6.07, 6.45) is 1.63. The summed E-state index contributed by atoms with van der Waals surface area (Å²) in [6, 6.07) is -0.0883. The average Bonchev–Trinajstić information content (AvgIpc) is 2.77. The highest BCUT2D eigenvalue weighted by Gasteiger charge is 2.67. The van der Waals surface area contributed by atoms with E-state index in [1.807, 2.05) is 13.8 Å². The molecule has 3 aliphatic rings. The standard InChI is InChI=1S/C14H20N2O4/c1-14(2)9(10(14)13(19)20)12(18)16-5-3-4-7-8(16)6-15-11(7)17/h7-10H,3-6H2,1-2H3,(H,15,17)(H,19,20)/t7-,8-,9-,10+/m1/s1. The van der Waals surface area contributed by atoms with Gasteiger partial charge in [-0.1, -0.05) is 13.8 Å². The van der Waals surface area contributed by atoms with E-state index in [0.29, 0.717) is 13.1 Å². The Balaban J connectivity index is 1.78. The van der Waals surface area contributed by atoms with Gasteiger partial charge in [0.05, 0.1) is 23.8 Å². The molecule has 0 unspecified atom stereocenters. The largest absolute Gasteiger partial charge is 0.481 e. The normalized spacial score (nSPS) is 38.1. The number of amides is 2. The van der Waals surface area contributed by atoms with Crippen LogP contribution in [0.5, 0.6) is 0 Å². The first kappa shape index (κ1) is 13.4. The summed E-state index contributed by atoms with van der Waals surface area (Å²) in [6.45, 7) is 4.79. The molecule has 0 aromatic heterocycles. The van der Waals surface area contributed by atoms with Crippen LogP contribution < -0.4 is 5.32 Å². The van der Waals surface area contributed by atoms with Crippen LogP contribution in [0.1, 0.15) is 26.7 Å². The predicted octanol–water partition coefficient (Wildman–Crippen LogP) is 0.0802. The minimum absolute atomic E-state index is 0.0253. The molecule has 2 heterocycles. The second-order valence-electron chi connectivity index (χ2n) is 6.71. The van der Waals surface area contributed by atoms with Gasteiger partial charge in [0.2, 0.25) is 11.8 Å². The highest BCUT2D eigenvalue weighted by Crippen LogP contribution is 2.59. The molecule has 4 atom stereocenters. The molecule has 0 spiro atoms. The highest BCUT2D eigenvalue weighted by atomic mass is 16.4. The van der Waals surface area contributed by atoms with Crippen molar-refractivity contribution in [1.82, 2.24) is 10.2 Å². The van der Waals surface area contributed by atoms with Gasteiger partial charge >= 0.3 is 5.97 Å². The third-order valence-electron chi connectivity index (χ3n) is 5.24. The molecule has 1 saturated carbocycles. The van der Waals surface area contributed by atoms with Crippen molar-refractivity contribution in [3.63, 3.8) is 0 Å². The Labute approximate surface area is 117 Å². The van der Waals surface area contributed by atoms with Gasteiger partial charge in [-0.15, -0.1) is 0 Å². The lowest BCUT2D eigenvalue weighted by Crippen LogP contribution is -2.49. The highest BCUT2D eigenvalue weighted by molar-refractivity contribution is 5.93. The van der Waals surface area contributed by atoms with Crippen molar-refractivity contribution >= 4 is 17.8 Å². The molecule has 2 aliphatic heterocycles. The maximum absolute atomic E-state index is 12.7. The lowest BCUT2D eigenvalue weighted by atomic mass is 9.91. The first-order valence-corrected chi connectivity index (χ1v) is 7.16. The number of fused-ring (bicyclic) bond motifs is 1. The molecule has 110 valence electrons. The van der Waals surface area contributed by atoms with Gasteiger partial charge in [-0.3, -0.25) is 14.4 Å². The van der Waals surface area contributed by atoms with Crippen LogP contribution in [0.4, 0.5) is 0 Å². The topological polar surface area (TPSA) is 86.7 Å². The SMILES string of the molecule is CC1(C)[C@H](C(=O)O)[C@@H]1C(=O)N1CCC[C@H]2C(=O)NC[C@H]21. The third kappa shape index (κ3) is 1.73. The molecule has 6 nitrogen and oxygen atoms in total. The Bertz CT molecular complexity index is 488. The van der Waals surface area contributed by atoms with Crippen LogP contribution in [0.3, 0.4) is 0 Å². The van der Waals surface area contributed by atoms with Crippen molar-refractivity contribution in [3.8, 4) is 0 Å². The van der Waals surface area contributed by atoms with Crippen LogP contribution in [0.2, 0.25) is 0 Å². The summed E-state index contributed by atoms with van der Waals surface area (Å²) in [4.78, 5) is 37.4. The molecule has 0 aromatic rings. The number of hydrogen-bond acceptors (Lipinski definition) is 3. The number of carboxylic acids is 1. The smallest absolute Gasteiger partial charge is 0.307 e. The zero-order valence-electron chi connectivity index (χ0n) is 11.8. The fraction of sp³-hybridized carbons (Fsp3) is 0.786. The predicted molar refractivity (Wildman–Crippen MR) is 69.6 cm³/mol. The minimum Gasteiger partial charge on any atom is -0.481 e. The van der Waals surface area contributed by atoms with E-state index in [2.05, 4.69) is 5.32 Å². The van der Waals surface area contributed by atoms with Crippen LogP contribution in [0.25, 0.3) is 0 Å². The van der Waals surface area contributed by atoms with Crippen LogP contribution in [-0.4, -0.2) is 46.9 Å². The van der Waals surface area contributed by atoms with Crippen molar-refractivity contribution in [3.05, 3.63) is 0 Å². The van der Waals surface area contributed by atoms with Gasteiger partial charge in [-0.25, -0.2) is 0 Å². The first-order valence-electron chi connectivity index (χ1n) is 7.16. The molecule has 3 fully saturated rings. The molecule has 2 saturated heterocycles. The van der Waals surface area contributed by atoms with Crippen LogP contribution in [0, 0.1) is 23.2 Å². The number of hydrogen-bond donors (Lipinski definition) is 2. The zero-order valence-corrected chi connectivity index (χ0v) is 11.8. The molecular formula is C14H20N2O4. The number of piperidine rings is 1. The number of likely N-dealkylation sites (tertiary alicyclic amines) is 1. The molecule has 0 aromatic carbocycles. The monoisotopic (exact) mass is 280 g/mol. The second-order valence-corrected chi connectivity index (χ2v) is 6.71. The average molecular weight is 280 g/mol. The maximum atomic E-state index is 12.7. The van der Waals surface area contributed by atoms with E-state index in [1.54, 1.807) is 4.90 Å². The fourth-order valence-electron chi connectivity index (χ4n) is 3.96. The summed E-state index contributed by atoms with van der Waals surface area (Å²) in [5.74, 6) is -2.12.